The number of aliphatic imine (C=N–C) groups is 1. The van der Waals surface area contributed by atoms with Crippen LogP contribution in [0.2, 0.25) is 0 Å². The molecule has 0 bridgehead atoms. The van der Waals surface area contributed by atoms with Gasteiger partial charge in [0.15, 0.2) is 5.17 Å². The number of hydrogen-bond acceptors (Lipinski definition) is 6. The molecule has 1 saturated heterocycles. The van der Waals surface area contributed by atoms with E-state index in [-0.39, 0.29) is 16.6 Å². The van der Waals surface area contributed by atoms with E-state index in [9.17, 15) is 13.2 Å². The minimum Gasteiger partial charge on any atom is -0.379 e. The highest BCUT2D eigenvalue weighted by atomic mass is 127. The molecule has 6 nitrogen and oxygen atoms in total. The maximum Gasteiger partial charge on any atom is 0.339 e. The molecule has 1 heterocycles. The van der Waals surface area contributed by atoms with Crippen molar-refractivity contribution in [3.63, 3.8) is 0 Å². The van der Waals surface area contributed by atoms with Crippen molar-refractivity contribution in [1.82, 2.24) is 5.32 Å². The molecule has 9 heteroatoms. The Morgan fingerprint density at radius 3 is 2.53 bits per heavy atom. The number of amidine groups is 1. The highest BCUT2D eigenvalue weighted by Gasteiger charge is 2.24. The average molecular weight is 576 g/mol. The number of carbonyl (C=O) groups is 1. The van der Waals surface area contributed by atoms with Crippen LogP contribution >= 0.6 is 34.4 Å². The smallest absolute Gasteiger partial charge is 0.339 e. The third-order valence-corrected chi connectivity index (χ3v) is 7.20. The van der Waals surface area contributed by atoms with Crippen molar-refractivity contribution in [2.75, 3.05) is 0 Å². The summed E-state index contributed by atoms with van der Waals surface area (Å²) in [6.45, 7) is 1.88. The maximum absolute atomic E-state index is 12.5. The van der Waals surface area contributed by atoms with E-state index < -0.39 is 10.1 Å². The molecule has 1 fully saturated rings. The van der Waals surface area contributed by atoms with E-state index in [4.69, 9.17) is 4.18 Å². The Morgan fingerprint density at radius 2 is 1.78 bits per heavy atom. The first-order chi connectivity index (χ1) is 15.3. The molecule has 1 aliphatic heterocycles. The molecule has 0 saturated carbocycles. The molecule has 4 rings (SSSR count). The molecule has 0 radical (unpaired) electrons. The van der Waals surface area contributed by atoms with Gasteiger partial charge in [0.2, 0.25) is 0 Å². The second kappa shape index (κ2) is 9.47. The van der Waals surface area contributed by atoms with E-state index in [0.29, 0.717) is 15.6 Å². The molecule has 3 aromatic rings. The number of rotatable bonds is 5. The van der Waals surface area contributed by atoms with Crippen LogP contribution in [0.1, 0.15) is 11.1 Å². The van der Waals surface area contributed by atoms with Gasteiger partial charge in [-0.2, -0.15) is 8.42 Å². The van der Waals surface area contributed by atoms with Crippen LogP contribution in [0, 0.1) is 10.5 Å². The minimum absolute atomic E-state index is 0.0778. The molecule has 0 aliphatic carbocycles. The fourth-order valence-corrected chi connectivity index (χ4v) is 5.12. The number of thioether (sulfide) groups is 1. The number of benzene rings is 3. The summed E-state index contributed by atoms with van der Waals surface area (Å²) < 4.78 is 31.4. The van der Waals surface area contributed by atoms with Crippen LogP contribution in [0.3, 0.4) is 0 Å². The van der Waals surface area contributed by atoms with Crippen molar-refractivity contribution >= 4 is 67.3 Å². The Kier molecular flexibility index (Phi) is 6.68. The van der Waals surface area contributed by atoms with E-state index in [2.05, 4.69) is 32.9 Å². The number of carbonyl (C=O) groups excluding carboxylic acids is 1. The molecule has 0 atom stereocenters. The van der Waals surface area contributed by atoms with Crippen LogP contribution in [-0.4, -0.2) is 19.5 Å². The lowest BCUT2D eigenvalue weighted by atomic mass is 10.2. The molecular weight excluding hydrogens is 559 g/mol. The standard InChI is InChI=1S/C23H17IN2O4S2/c1-15-8-10-20(11-9-15)32(28,29)30-19-7-2-4-16(12-19)13-21-22(27)26-23(31-21)25-18-6-3-5-17(24)14-18/h2-14H,1H3,(H,25,26,27)/b21-13+. The highest BCUT2D eigenvalue weighted by molar-refractivity contribution is 14.1. The Labute approximate surface area is 204 Å². The number of nitrogens with zero attached hydrogens (tertiary/aromatic N) is 1. The maximum atomic E-state index is 12.5. The average Bonchev–Trinajstić information content (AvgIpc) is 3.07. The van der Waals surface area contributed by atoms with Crippen molar-refractivity contribution in [2.24, 2.45) is 4.99 Å². The quantitative estimate of drug-likeness (QED) is 0.255. The van der Waals surface area contributed by atoms with Gasteiger partial charge in [-0.1, -0.05) is 35.9 Å². The van der Waals surface area contributed by atoms with E-state index in [1.165, 1.54) is 23.9 Å². The highest BCUT2D eigenvalue weighted by Crippen LogP contribution is 2.29. The van der Waals surface area contributed by atoms with Gasteiger partial charge in [-0.3, -0.25) is 4.79 Å². The normalized spacial score (nSPS) is 16.4. The van der Waals surface area contributed by atoms with Crippen LogP contribution in [0.4, 0.5) is 5.69 Å². The topological polar surface area (TPSA) is 84.8 Å². The predicted octanol–water partition coefficient (Wildman–Crippen LogP) is 5.26. The number of aryl methyl sites for hydroxylation is 1. The SMILES string of the molecule is Cc1ccc(S(=O)(=O)Oc2cccc(/C=C3/SC(=Nc4cccc(I)c4)NC3=O)c2)cc1. The number of hydrogen-bond donors (Lipinski definition) is 1. The number of nitrogens with one attached hydrogen (secondary N) is 1. The second-order valence-electron chi connectivity index (χ2n) is 6.88. The first kappa shape index (κ1) is 22.6. The van der Waals surface area contributed by atoms with Gasteiger partial charge in [-0.15, -0.1) is 0 Å². The van der Waals surface area contributed by atoms with Gasteiger partial charge in [0, 0.05) is 3.57 Å². The minimum atomic E-state index is -3.96. The zero-order valence-corrected chi connectivity index (χ0v) is 20.6. The van der Waals surface area contributed by atoms with E-state index in [1.807, 2.05) is 31.2 Å². The summed E-state index contributed by atoms with van der Waals surface area (Å²) in [7, 11) is -3.96. The van der Waals surface area contributed by atoms with Gasteiger partial charge >= 0.3 is 10.1 Å². The fraction of sp³-hybridized carbons (Fsp3) is 0.0435. The predicted molar refractivity (Wildman–Crippen MR) is 135 cm³/mol. The molecule has 0 aromatic heterocycles. The van der Waals surface area contributed by atoms with Crippen molar-refractivity contribution < 1.29 is 17.4 Å². The first-order valence-corrected chi connectivity index (χ1v) is 12.8. The zero-order valence-electron chi connectivity index (χ0n) is 16.8. The van der Waals surface area contributed by atoms with Crippen molar-refractivity contribution in [2.45, 2.75) is 11.8 Å². The zero-order chi connectivity index (χ0) is 22.7. The molecule has 1 amide bonds. The lowest BCUT2D eigenvalue weighted by Crippen LogP contribution is -2.19. The molecule has 32 heavy (non-hydrogen) atoms. The summed E-state index contributed by atoms with van der Waals surface area (Å²) in [6, 6.07) is 20.6. The van der Waals surface area contributed by atoms with Crippen LogP contribution in [0.5, 0.6) is 5.75 Å². The summed E-state index contributed by atoms with van der Waals surface area (Å²) in [4.78, 5) is 17.4. The van der Waals surface area contributed by atoms with Crippen LogP contribution < -0.4 is 9.50 Å². The third-order valence-electron chi connectivity index (χ3n) is 4.36. The monoisotopic (exact) mass is 576 g/mol. The van der Waals surface area contributed by atoms with Gasteiger partial charge in [0.1, 0.15) is 10.6 Å². The largest absolute Gasteiger partial charge is 0.379 e. The Hall–Kier alpha value is -2.63. The Morgan fingerprint density at radius 1 is 1.03 bits per heavy atom. The molecule has 1 N–H and O–H groups in total. The van der Waals surface area contributed by atoms with Gasteiger partial charge in [0.05, 0.1) is 10.6 Å². The molecule has 3 aromatic carbocycles. The molecule has 1 aliphatic rings. The molecule has 0 spiro atoms. The lowest BCUT2D eigenvalue weighted by Gasteiger charge is -2.08. The van der Waals surface area contributed by atoms with Crippen LogP contribution in [0.25, 0.3) is 6.08 Å². The molecule has 0 unspecified atom stereocenters. The first-order valence-electron chi connectivity index (χ1n) is 9.45. The van der Waals surface area contributed by atoms with Gasteiger partial charge in [-0.05, 0) is 95.4 Å². The fourth-order valence-electron chi connectivity index (χ4n) is 2.83. The van der Waals surface area contributed by atoms with Crippen molar-refractivity contribution in [3.05, 3.63) is 92.4 Å². The van der Waals surface area contributed by atoms with Crippen LogP contribution in [0.15, 0.2) is 87.6 Å². The molecular formula is C23H17IN2O4S2. The molecule has 162 valence electrons. The van der Waals surface area contributed by atoms with Crippen LogP contribution in [-0.2, 0) is 14.9 Å². The van der Waals surface area contributed by atoms with Crippen molar-refractivity contribution in [3.8, 4) is 5.75 Å². The van der Waals surface area contributed by atoms with E-state index in [0.717, 1.165) is 14.8 Å². The van der Waals surface area contributed by atoms with Gasteiger partial charge in [-0.25, -0.2) is 4.99 Å². The van der Waals surface area contributed by atoms with E-state index in [1.54, 1.807) is 42.5 Å². The summed E-state index contributed by atoms with van der Waals surface area (Å²) in [5, 5.41) is 3.23. The van der Waals surface area contributed by atoms with Gasteiger partial charge < -0.3 is 9.50 Å². The number of halogens is 1. The summed E-state index contributed by atoms with van der Waals surface area (Å²) in [5.74, 6) is -0.103. The summed E-state index contributed by atoms with van der Waals surface area (Å²) >= 11 is 3.42. The summed E-state index contributed by atoms with van der Waals surface area (Å²) in [6.07, 6.45) is 1.67. The van der Waals surface area contributed by atoms with Crippen molar-refractivity contribution in [1.29, 1.82) is 0 Å². The Bertz CT molecular complexity index is 1350. The van der Waals surface area contributed by atoms with Gasteiger partial charge in [0.25, 0.3) is 5.91 Å². The second-order valence-corrected chi connectivity index (χ2v) is 10.7. The van der Waals surface area contributed by atoms with E-state index >= 15 is 0 Å². The third kappa shape index (κ3) is 5.59. The summed E-state index contributed by atoms with van der Waals surface area (Å²) in [5.41, 5.74) is 2.34. The Balaban J connectivity index is 1.53. The lowest BCUT2D eigenvalue weighted by molar-refractivity contribution is -0.115. The number of amides is 1.